The lowest BCUT2D eigenvalue weighted by atomic mass is 9.99. The molecular formula is C27H32N4O4. The summed E-state index contributed by atoms with van der Waals surface area (Å²) < 4.78 is 6.36. The minimum atomic E-state index is -0.438. The van der Waals surface area contributed by atoms with Crippen LogP contribution in [0.5, 0.6) is 5.75 Å². The van der Waals surface area contributed by atoms with Gasteiger partial charge in [0.15, 0.2) is 5.75 Å². The predicted molar refractivity (Wildman–Crippen MR) is 138 cm³/mol. The van der Waals surface area contributed by atoms with E-state index in [-0.39, 0.29) is 30.6 Å². The second kappa shape index (κ2) is 10.8. The molecule has 4 rings (SSSR count). The molecule has 3 aromatic rings. The molecule has 0 radical (unpaired) electrons. The van der Waals surface area contributed by atoms with E-state index >= 15 is 0 Å². The molecule has 3 aromatic carbocycles. The Kier molecular flexibility index (Phi) is 7.53. The standard InChI is InChI=1S/C27H32N4O4/c1-17-15-31(18(2)16-32)26(33)21-11-7-13-23(25(21)35-24(17)14-28-3)30-27(34)29-22-12-6-9-19-8-4-5-10-20(19)22/h4-13,17-18,24,28,32H,14-16H2,1-3H3,(H2,29,30,34)/t17-,18-,24-/m1/s1. The third-order valence-electron chi connectivity index (χ3n) is 6.38. The van der Waals surface area contributed by atoms with Crippen molar-refractivity contribution in [3.05, 3.63) is 66.2 Å². The van der Waals surface area contributed by atoms with E-state index in [0.717, 1.165) is 10.8 Å². The van der Waals surface area contributed by atoms with Gasteiger partial charge in [0.25, 0.3) is 5.91 Å². The molecule has 0 saturated carbocycles. The molecule has 1 aliphatic heterocycles. The normalized spacial score (nSPS) is 18.7. The maximum absolute atomic E-state index is 13.5. The minimum absolute atomic E-state index is 0.00823. The number of carbonyl (C=O) groups is 2. The molecule has 0 aliphatic carbocycles. The summed E-state index contributed by atoms with van der Waals surface area (Å²) in [5, 5.41) is 20.6. The van der Waals surface area contributed by atoms with E-state index < -0.39 is 6.03 Å². The largest absolute Gasteiger partial charge is 0.486 e. The van der Waals surface area contributed by atoms with Crippen LogP contribution in [0.1, 0.15) is 24.2 Å². The Bertz CT molecular complexity index is 1210. The van der Waals surface area contributed by atoms with Crippen LogP contribution >= 0.6 is 0 Å². The maximum Gasteiger partial charge on any atom is 0.323 e. The molecule has 0 aromatic heterocycles. The predicted octanol–water partition coefficient (Wildman–Crippen LogP) is 3.92. The molecule has 1 aliphatic rings. The minimum Gasteiger partial charge on any atom is -0.486 e. The Morgan fingerprint density at radius 3 is 2.54 bits per heavy atom. The second-order valence-electron chi connectivity index (χ2n) is 8.97. The number of ether oxygens (including phenoxy) is 1. The molecule has 4 N–H and O–H groups in total. The molecule has 8 nitrogen and oxygen atoms in total. The average Bonchev–Trinajstić information content (AvgIpc) is 2.86. The van der Waals surface area contributed by atoms with Crippen molar-refractivity contribution >= 4 is 34.1 Å². The smallest absolute Gasteiger partial charge is 0.323 e. The van der Waals surface area contributed by atoms with Crippen LogP contribution in [0.15, 0.2) is 60.7 Å². The summed E-state index contributed by atoms with van der Waals surface area (Å²) in [5.74, 6) is 0.0769. The van der Waals surface area contributed by atoms with E-state index in [1.807, 2.05) is 63.4 Å². The van der Waals surface area contributed by atoms with Gasteiger partial charge in [0.1, 0.15) is 6.10 Å². The number of amides is 3. The quantitative estimate of drug-likeness (QED) is 0.432. The van der Waals surface area contributed by atoms with E-state index in [4.69, 9.17) is 4.74 Å². The second-order valence-corrected chi connectivity index (χ2v) is 8.97. The summed E-state index contributed by atoms with van der Waals surface area (Å²) in [6.07, 6.45) is -0.246. The van der Waals surface area contributed by atoms with Gasteiger partial charge in [-0.1, -0.05) is 49.4 Å². The Morgan fingerprint density at radius 2 is 1.77 bits per heavy atom. The average molecular weight is 477 g/mol. The Balaban J connectivity index is 1.67. The number of hydrogen-bond donors (Lipinski definition) is 4. The van der Waals surface area contributed by atoms with Crippen LogP contribution in [0.4, 0.5) is 16.2 Å². The van der Waals surface area contributed by atoms with Crippen molar-refractivity contribution in [1.29, 1.82) is 0 Å². The van der Waals surface area contributed by atoms with Crippen LogP contribution < -0.4 is 20.7 Å². The molecule has 0 saturated heterocycles. The van der Waals surface area contributed by atoms with Crippen molar-refractivity contribution < 1.29 is 19.4 Å². The number of anilines is 2. The molecule has 184 valence electrons. The summed E-state index contributed by atoms with van der Waals surface area (Å²) in [4.78, 5) is 28.2. The first-order valence-corrected chi connectivity index (χ1v) is 11.8. The summed E-state index contributed by atoms with van der Waals surface area (Å²) >= 11 is 0. The van der Waals surface area contributed by atoms with Gasteiger partial charge in [0.2, 0.25) is 0 Å². The zero-order valence-electron chi connectivity index (χ0n) is 20.2. The number of carbonyl (C=O) groups excluding carboxylic acids is 2. The van der Waals surface area contributed by atoms with E-state index in [2.05, 4.69) is 16.0 Å². The van der Waals surface area contributed by atoms with Gasteiger partial charge in [0, 0.05) is 24.4 Å². The maximum atomic E-state index is 13.5. The molecule has 8 heteroatoms. The molecule has 0 unspecified atom stereocenters. The number of fused-ring (bicyclic) bond motifs is 2. The number of para-hydroxylation sites is 1. The summed E-state index contributed by atoms with van der Waals surface area (Å²) in [5.41, 5.74) is 1.43. The number of aliphatic hydroxyl groups excluding tert-OH is 1. The van der Waals surface area contributed by atoms with Crippen LogP contribution in [-0.2, 0) is 0 Å². The number of nitrogens with one attached hydrogen (secondary N) is 3. The topological polar surface area (TPSA) is 103 Å². The zero-order valence-corrected chi connectivity index (χ0v) is 20.2. The fourth-order valence-electron chi connectivity index (χ4n) is 4.40. The highest BCUT2D eigenvalue weighted by atomic mass is 16.5. The molecule has 0 spiro atoms. The van der Waals surface area contributed by atoms with E-state index in [0.29, 0.717) is 35.8 Å². The van der Waals surface area contributed by atoms with Gasteiger partial charge >= 0.3 is 6.03 Å². The first-order valence-electron chi connectivity index (χ1n) is 11.8. The van der Waals surface area contributed by atoms with Gasteiger partial charge in [0.05, 0.1) is 29.6 Å². The first-order chi connectivity index (χ1) is 16.9. The van der Waals surface area contributed by atoms with Gasteiger partial charge in [-0.25, -0.2) is 4.79 Å². The Labute approximate surface area is 205 Å². The Hall–Kier alpha value is -3.62. The molecule has 3 atom stereocenters. The van der Waals surface area contributed by atoms with Crippen LogP contribution in [-0.4, -0.2) is 60.8 Å². The van der Waals surface area contributed by atoms with Crippen molar-refractivity contribution in [2.24, 2.45) is 5.92 Å². The molecule has 35 heavy (non-hydrogen) atoms. The molecule has 0 bridgehead atoms. The van der Waals surface area contributed by atoms with Gasteiger partial charge in [-0.2, -0.15) is 0 Å². The van der Waals surface area contributed by atoms with Crippen LogP contribution in [0.25, 0.3) is 10.8 Å². The van der Waals surface area contributed by atoms with Crippen molar-refractivity contribution in [3.8, 4) is 5.75 Å². The molecule has 3 amide bonds. The number of nitrogens with zero attached hydrogens (tertiary/aromatic N) is 1. The third-order valence-corrected chi connectivity index (χ3v) is 6.38. The van der Waals surface area contributed by atoms with Crippen LogP contribution in [0.3, 0.4) is 0 Å². The molecular weight excluding hydrogens is 444 g/mol. The highest BCUT2D eigenvalue weighted by Gasteiger charge is 2.33. The van der Waals surface area contributed by atoms with Gasteiger partial charge in [-0.15, -0.1) is 0 Å². The number of urea groups is 1. The molecule has 0 fully saturated rings. The zero-order chi connectivity index (χ0) is 24.9. The molecule has 1 heterocycles. The number of likely N-dealkylation sites (N-methyl/N-ethyl adjacent to an activating group) is 1. The number of benzene rings is 3. The lowest BCUT2D eigenvalue weighted by molar-refractivity contribution is 0.0417. The third kappa shape index (κ3) is 5.23. The first kappa shape index (κ1) is 24.5. The summed E-state index contributed by atoms with van der Waals surface area (Å²) in [6.45, 7) is 4.70. The van der Waals surface area contributed by atoms with E-state index in [1.54, 1.807) is 23.1 Å². The van der Waals surface area contributed by atoms with Crippen molar-refractivity contribution in [2.45, 2.75) is 26.0 Å². The lowest BCUT2D eigenvalue weighted by Crippen LogP contribution is -2.49. The summed E-state index contributed by atoms with van der Waals surface area (Å²) in [6, 6.07) is 17.9. The highest BCUT2D eigenvalue weighted by Crippen LogP contribution is 2.35. The van der Waals surface area contributed by atoms with Crippen molar-refractivity contribution in [3.63, 3.8) is 0 Å². The van der Waals surface area contributed by atoms with Gasteiger partial charge in [-0.3, -0.25) is 4.79 Å². The Morgan fingerprint density at radius 1 is 1.09 bits per heavy atom. The van der Waals surface area contributed by atoms with E-state index in [1.165, 1.54) is 0 Å². The van der Waals surface area contributed by atoms with E-state index in [9.17, 15) is 14.7 Å². The fourth-order valence-corrected chi connectivity index (χ4v) is 4.40. The fraction of sp³-hybridized carbons (Fsp3) is 0.333. The van der Waals surface area contributed by atoms with Crippen molar-refractivity contribution in [1.82, 2.24) is 10.2 Å². The van der Waals surface area contributed by atoms with Crippen molar-refractivity contribution in [2.75, 3.05) is 37.4 Å². The SMILES string of the molecule is CNC[C@H]1Oc2c(NC(=O)Nc3cccc4ccccc34)cccc2C(=O)N([C@H](C)CO)C[C@H]1C. The van der Waals surface area contributed by atoms with Gasteiger partial charge < -0.3 is 30.7 Å². The van der Waals surface area contributed by atoms with Crippen LogP contribution in [0, 0.1) is 5.92 Å². The number of hydrogen-bond acceptors (Lipinski definition) is 5. The number of rotatable bonds is 6. The highest BCUT2D eigenvalue weighted by molar-refractivity contribution is 6.08. The summed E-state index contributed by atoms with van der Waals surface area (Å²) in [7, 11) is 1.84. The number of aliphatic hydroxyl groups is 1. The van der Waals surface area contributed by atoms with Gasteiger partial charge in [-0.05, 0) is 37.6 Å². The monoisotopic (exact) mass is 476 g/mol. The van der Waals surface area contributed by atoms with Crippen LogP contribution in [0.2, 0.25) is 0 Å². The lowest BCUT2D eigenvalue weighted by Gasteiger charge is -2.37.